The van der Waals surface area contributed by atoms with Crippen LogP contribution >= 0.6 is 0 Å². The van der Waals surface area contributed by atoms with Crippen LogP contribution in [0.5, 0.6) is 0 Å². The molecule has 12 nitrogen and oxygen atoms in total. The molecule has 1 aromatic rings. The van der Waals surface area contributed by atoms with E-state index < -0.39 is 20.5 Å². The Labute approximate surface area is 108 Å². The molecule has 0 aliphatic rings. The van der Waals surface area contributed by atoms with Crippen LogP contribution in [0.25, 0.3) is 0 Å². The van der Waals surface area contributed by atoms with Crippen molar-refractivity contribution in [2.45, 2.75) is 0 Å². The molecule has 0 aromatic carbocycles. The van der Waals surface area contributed by atoms with Crippen molar-refractivity contribution in [3.8, 4) is 0 Å². The zero-order chi connectivity index (χ0) is 13.4. The summed E-state index contributed by atoms with van der Waals surface area (Å²) in [7, 11) is -9.89. The third-order valence-corrected chi connectivity index (χ3v) is 0.434. The van der Waals surface area contributed by atoms with Gasteiger partial charge >= 0.3 is 17.1 Å². The number of nitrogens with one attached hydrogen (secondary N) is 1. The summed E-state index contributed by atoms with van der Waals surface area (Å²) < 4.78 is 67.9. The Morgan fingerprint density at radius 1 is 0.941 bits per heavy atom. The summed E-state index contributed by atoms with van der Waals surface area (Å²) in [6.45, 7) is 0. The first-order chi connectivity index (χ1) is 6.89. The quantitative estimate of drug-likeness (QED) is 0.416. The molecule has 0 aliphatic heterocycles. The Hall–Kier alpha value is -0.281. The summed E-state index contributed by atoms with van der Waals surface area (Å²) in [5.74, 6) is 0.356. The van der Waals surface area contributed by atoms with Crippen LogP contribution in [0.4, 0.5) is 5.95 Å². The van der Waals surface area contributed by atoms with E-state index in [1.54, 1.807) is 0 Å². The van der Waals surface area contributed by atoms with Crippen molar-refractivity contribution in [3.05, 3.63) is 6.33 Å². The number of nitrogens with two attached hydrogens (primary N) is 1. The van der Waals surface area contributed by atoms with Crippen LogP contribution in [0.3, 0.4) is 0 Å². The van der Waals surface area contributed by atoms with Crippen molar-refractivity contribution in [2.24, 2.45) is 0 Å². The van der Waals surface area contributed by atoms with Gasteiger partial charge in [-0.2, -0.15) is 5.10 Å². The maximum Gasteiger partial charge on any atom is 2.00 e. The molecule has 0 bridgehead atoms. The molecule has 0 fully saturated rings. The van der Waals surface area contributed by atoms with Gasteiger partial charge in [0.25, 0.3) is 0 Å². The average molecular weight is 347 g/mol. The van der Waals surface area contributed by atoms with Gasteiger partial charge in [0, 0.05) is 0 Å². The number of aromatic nitrogens is 3. The fourth-order valence-corrected chi connectivity index (χ4v) is 0.215. The Morgan fingerprint density at radius 3 is 1.29 bits per heavy atom. The smallest absolute Gasteiger partial charge is 0.368 e. The van der Waals surface area contributed by atoms with E-state index in [4.69, 9.17) is 43.0 Å². The number of hydrogen-bond donors (Lipinski definition) is 2. The van der Waals surface area contributed by atoms with Crippen LogP contribution in [0.2, 0.25) is 0 Å². The molecular weight excluding hydrogens is 342 g/mol. The number of nitrogen functional groups attached to an aromatic ring is 1. The van der Waals surface area contributed by atoms with Crippen LogP contribution in [0.15, 0.2) is 6.33 Å². The van der Waals surface area contributed by atoms with Crippen LogP contribution < -0.4 is 43.0 Å². The first-order valence-corrected chi connectivity index (χ1v) is 5.21. The van der Waals surface area contributed by atoms with Gasteiger partial charge in [-0.1, -0.05) is 0 Å². The molecule has 15 heteroatoms. The molecule has 1 aromatic heterocycles. The molecular formula is C2H4Cl2CuN4O8. The van der Waals surface area contributed by atoms with Crippen molar-refractivity contribution in [2.75, 3.05) is 5.73 Å². The third kappa shape index (κ3) is 65.5. The Kier molecular flexibility index (Phi) is 12.5. The molecule has 0 aliphatic carbocycles. The molecule has 0 saturated heterocycles. The van der Waals surface area contributed by atoms with Gasteiger partial charge in [-0.25, -0.2) is 47.4 Å². The van der Waals surface area contributed by atoms with E-state index >= 15 is 0 Å². The van der Waals surface area contributed by atoms with E-state index in [1.165, 1.54) is 6.33 Å². The van der Waals surface area contributed by atoms with E-state index in [9.17, 15) is 0 Å². The van der Waals surface area contributed by atoms with Gasteiger partial charge in [-0.3, -0.25) is 0 Å². The summed E-state index contributed by atoms with van der Waals surface area (Å²) in [4.78, 5) is 3.53. The van der Waals surface area contributed by atoms with E-state index in [-0.39, 0.29) is 17.1 Å². The van der Waals surface area contributed by atoms with Crippen molar-refractivity contribution >= 4 is 5.95 Å². The molecule has 105 valence electrons. The fraction of sp³-hybridized carbons (Fsp3) is 0. The summed E-state index contributed by atoms with van der Waals surface area (Å²) in [6, 6.07) is 0. The van der Waals surface area contributed by atoms with E-state index in [1.807, 2.05) is 0 Å². The van der Waals surface area contributed by atoms with Crippen LogP contribution in [-0.2, 0) is 17.1 Å². The number of nitrogens with zero attached hydrogens (tertiary/aromatic N) is 2. The van der Waals surface area contributed by atoms with Crippen molar-refractivity contribution in [1.82, 2.24) is 15.2 Å². The monoisotopic (exact) mass is 345 g/mol. The number of rotatable bonds is 0. The number of anilines is 1. The second kappa shape index (κ2) is 9.72. The summed E-state index contributed by atoms with van der Waals surface area (Å²) in [5.41, 5.74) is 5.05. The molecule has 1 heterocycles. The summed E-state index contributed by atoms with van der Waals surface area (Å²) in [6.07, 6.45) is 1.36. The Balaban J connectivity index is -0.000000170. The normalized spacial score (nSPS) is 10.1. The molecule has 17 heavy (non-hydrogen) atoms. The van der Waals surface area contributed by atoms with Crippen molar-refractivity contribution in [3.63, 3.8) is 0 Å². The van der Waals surface area contributed by atoms with Gasteiger partial charge in [0.2, 0.25) is 5.95 Å². The molecule has 0 unspecified atom stereocenters. The zero-order valence-electron chi connectivity index (χ0n) is 7.37. The maximum atomic E-state index is 8.49. The number of halogens is 2. The second-order valence-corrected chi connectivity index (χ2v) is 3.14. The van der Waals surface area contributed by atoms with Gasteiger partial charge in [-0.15, -0.1) is 20.5 Å². The third-order valence-electron chi connectivity index (χ3n) is 0.434. The fourth-order valence-electron chi connectivity index (χ4n) is 0.215. The Bertz CT molecular complexity index is 235. The van der Waals surface area contributed by atoms with Crippen LogP contribution in [0, 0.1) is 20.5 Å². The molecule has 1 rings (SSSR count). The van der Waals surface area contributed by atoms with Gasteiger partial charge in [0.05, 0.1) is 0 Å². The SMILES string of the molecule is Nc1ncn[nH]1.[Cu+2].[O-][Cl+3]([O-])([O-])[O-].[O-][Cl+3]([O-])([O-])[O-]. The number of aromatic amines is 1. The summed E-state index contributed by atoms with van der Waals surface area (Å²) >= 11 is 0. The molecule has 1 radical (unpaired) electrons. The maximum absolute atomic E-state index is 8.49. The van der Waals surface area contributed by atoms with Gasteiger partial charge in [0.15, 0.2) is 0 Å². The van der Waals surface area contributed by atoms with E-state index in [0.29, 0.717) is 5.95 Å². The van der Waals surface area contributed by atoms with Crippen LogP contribution in [0.1, 0.15) is 0 Å². The van der Waals surface area contributed by atoms with Gasteiger partial charge in [-0.05, 0) is 0 Å². The largest absolute Gasteiger partial charge is 2.00 e. The van der Waals surface area contributed by atoms with Gasteiger partial charge < -0.3 is 5.73 Å². The van der Waals surface area contributed by atoms with Gasteiger partial charge in [0.1, 0.15) is 6.33 Å². The minimum atomic E-state index is -4.94. The second-order valence-electron chi connectivity index (χ2n) is 1.63. The number of hydrogen-bond acceptors (Lipinski definition) is 11. The molecule has 3 N–H and O–H groups in total. The summed E-state index contributed by atoms with van der Waals surface area (Å²) in [5, 5.41) is 5.88. The van der Waals surface area contributed by atoms with Crippen molar-refractivity contribution in [1.29, 1.82) is 0 Å². The van der Waals surface area contributed by atoms with E-state index in [0.717, 1.165) is 0 Å². The zero-order valence-corrected chi connectivity index (χ0v) is 9.83. The number of H-pyrrole nitrogens is 1. The van der Waals surface area contributed by atoms with E-state index in [2.05, 4.69) is 15.2 Å². The van der Waals surface area contributed by atoms with Crippen molar-refractivity contribution < 1.29 is 74.8 Å². The molecule has 0 atom stereocenters. The first-order valence-electron chi connectivity index (χ1n) is 2.74. The molecule has 0 saturated carbocycles. The minimum absolute atomic E-state index is 0. The standard InChI is InChI=1S/C2H4N4.2ClHO4.Cu/c3-2-4-1-5-6-2;2*2-1(3,4)5;/h1H,(H3,3,4,5,6);2*(H,2,3,4,5);/q;;;+2/p-2. The van der Waals surface area contributed by atoms with Crippen LogP contribution in [-0.4, -0.2) is 15.2 Å². The minimum Gasteiger partial charge on any atom is -0.368 e. The Morgan fingerprint density at radius 2 is 1.24 bits per heavy atom. The molecule has 0 amide bonds. The predicted octanol–water partition coefficient (Wildman–Crippen LogP) is -10.1. The predicted molar refractivity (Wildman–Crippen MR) is 20.8 cm³/mol. The molecule has 0 spiro atoms. The first kappa shape index (κ1) is 21.9. The average Bonchev–Trinajstić information content (AvgIpc) is 2.30. The topological polar surface area (TPSA) is 252 Å².